The summed E-state index contributed by atoms with van der Waals surface area (Å²) in [7, 11) is 0. The first kappa shape index (κ1) is 15.6. The molecule has 5 nitrogen and oxygen atoms in total. The van der Waals surface area contributed by atoms with Crippen LogP contribution < -0.4 is 5.32 Å². The van der Waals surface area contributed by atoms with E-state index in [4.69, 9.17) is 0 Å². The summed E-state index contributed by atoms with van der Waals surface area (Å²) in [5.74, 6) is 1.32. The summed E-state index contributed by atoms with van der Waals surface area (Å²) < 4.78 is 0.863. The standard InChI is InChI=1S/C13H22N4OS2/c1-3-6-14-12-15-16-13(20-12)19-9-11(18)17-7-4-5-10(2)8-17/h10H,3-9H2,1-2H3,(H,14,15). The van der Waals surface area contributed by atoms with Crippen LogP contribution in [0.3, 0.4) is 0 Å². The van der Waals surface area contributed by atoms with Gasteiger partial charge in [0.2, 0.25) is 11.0 Å². The van der Waals surface area contributed by atoms with E-state index in [2.05, 4.69) is 29.4 Å². The highest BCUT2D eigenvalue weighted by Gasteiger charge is 2.21. The van der Waals surface area contributed by atoms with Crippen molar-refractivity contribution in [2.24, 2.45) is 5.92 Å². The monoisotopic (exact) mass is 314 g/mol. The van der Waals surface area contributed by atoms with Crippen LogP contribution in [0.15, 0.2) is 4.34 Å². The Morgan fingerprint density at radius 1 is 1.55 bits per heavy atom. The summed E-state index contributed by atoms with van der Waals surface area (Å²) in [5.41, 5.74) is 0. The molecular weight excluding hydrogens is 292 g/mol. The Morgan fingerprint density at radius 3 is 3.15 bits per heavy atom. The summed E-state index contributed by atoms with van der Waals surface area (Å²) in [6, 6.07) is 0. The molecule has 112 valence electrons. The molecule has 0 spiro atoms. The minimum atomic E-state index is 0.222. The number of anilines is 1. The van der Waals surface area contributed by atoms with Gasteiger partial charge in [-0.3, -0.25) is 4.79 Å². The molecule has 0 bridgehead atoms. The third kappa shape index (κ3) is 4.63. The van der Waals surface area contributed by atoms with Crippen molar-refractivity contribution in [2.45, 2.75) is 37.4 Å². The molecule has 7 heteroatoms. The van der Waals surface area contributed by atoms with Crippen molar-refractivity contribution in [1.82, 2.24) is 15.1 Å². The molecule has 1 aromatic rings. The van der Waals surface area contributed by atoms with Crippen LogP contribution in [0.5, 0.6) is 0 Å². The molecule has 1 aliphatic heterocycles. The number of hydrogen-bond acceptors (Lipinski definition) is 6. The lowest BCUT2D eigenvalue weighted by atomic mass is 10.0. The fourth-order valence-corrected chi connectivity index (χ4v) is 3.88. The van der Waals surface area contributed by atoms with E-state index in [0.717, 1.165) is 41.9 Å². The highest BCUT2D eigenvalue weighted by Crippen LogP contribution is 2.26. The Labute approximate surface area is 128 Å². The maximum Gasteiger partial charge on any atom is 0.233 e. The fourth-order valence-electron chi connectivity index (χ4n) is 2.20. The highest BCUT2D eigenvalue weighted by molar-refractivity contribution is 8.01. The molecule has 1 saturated heterocycles. The zero-order chi connectivity index (χ0) is 14.4. The number of carbonyl (C=O) groups is 1. The van der Waals surface area contributed by atoms with Gasteiger partial charge in [-0.05, 0) is 25.2 Å². The summed E-state index contributed by atoms with van der Waals surface area (Å²) in [6.45, 7) is 7.04. The maximum absolute atomic E-state index is 12.1. The zero-order valence-electron chi connectivity index (χ0n) is 12.1. The topological polar surface area (TPSA) is 58.1 Å². The number of thioether (sulfide) groups is 1. The first-order chi connectivity index (χ1) is 9.69. The first-order valence-corrected chi connectivity index (χ1v) is 8.97. The molecule has 2 heterocycles. The van der Waals surface area contributed by atoms with Gasteiger partial charge in [0, 0.05) is 19.6 Å². The van der Waals surface area contributed by atoms with Crippen LogP contribution in [0.4, 0.5) is 5.13 Å². The molecule has 0 radical (unpaired) electrons. The van der Waals surface area contributed by atoms with Crippen LogP contribution in [0.25, 0.3) is 0 Å². The Kier molecular flexibility index (Phi) is 6.09. The third-order valence-electron chi connectivity index (χ3n) is 3.26. The quantitative estimate of drug-likeness (QED) is 0.818. The number of rotatable bonds is 6. The molecule has 1 aliphatic rings. The molecule has 1 atom stereocenters. The van der Waals surface area contributed by atoms with Gasteiger partial charge >= 0.3 is 0 Å². The van der Waals surface area contributed by atoms with Crippen LogP contribution in [0.1, 0.15) is 33.1 Å². The van der Waals surface area contributed by atoms with Crippen molar-refractivity contribution in [1.29, 1.82) is 0 Å². The van der Waals surface area contributed by atoms with Gasteiger partial charge in [-0.2, -0.15) is 0 Å². The number of piperidine rings is 1. The van der Waals surface area contributed by atoms with Crippen molar-refractivity contribution < 1.29 is 4.79 Å². The number of hydrogen-bond donors (Lipinski definition) is 1. The molecule has 1 amide bonds. The average molecular weight is 314 g/mol. The van der Waals surface area contributed by atoms with E-state index in [1.54, 1.807) is 0 Å². The normalized spacial score (nSPS) is 19.1. The zero-order valence-corrected chi connectivity index (χ0v) is 13.7. The largest absolute Gasteiger partial charge is 0.360 e. The van der Waals surface area contributed by atoms with Gasteiger partial charge in [-0.15, -0.1) is 10.2 Å². The second-order valence-corrected chi connectivity index (χ2v) is 7.38. The van der Waals surface area contributed by atoms with Crippen molar-refractivity contribution in [2.75, 3.05) is 30.7 Å². The SMILES string of the molecule is CCCNc1nnc(SCC(=O)N2CCCC(C)C2)s1. The summed E-state index contributed by atoms with van der Waals surface area (Å²) in [5, 5.41) is 12.2. The van der Waals surface area contributed by atoms with Crippen LogP contribution in [-0.4, -0.2) is 46.4 Å². The van der Waals surface area contributed by atoms with Crippen LogP contribution >= 0.6 is 23.1 Å². The van der Waals surface area contributed by atoms with Crippen LogP contribution in [0.2, 0.25) is 0 Å². The predicted octanol–water partition coefficient (Wildman–Crippen LogP) is 2.71. The average Bonchev–Trinajstić information content (AvgIpc) is 2.90. The first-order valence-electron chi connectivity index (χ1n) is 7.17. The number of aromatic nitrogens is 2. The van der Waals surface area contributed by atoms with Gasteiger partial charge in [0.15, 0.2) is 4.34 Å². The minimum absolute atomic E-state index is 0.222. The highest BCUT2D eigenvalue weighted by atomic mass is 32.2. The lowest BCUT2D eigenvalue weighted by molar-refractivity contribution is -0.130. The number of carbonyl (C=O) groups excluding carboxylic acids is 1. The molecule has 0 saturated carbocycles. The Balaban J connectivity index is 1.76. The molecule has 0 aliphatic carbocycles. The lowest BCUT2D eigenvalue weighted by Crippen LogP contribution is -2.40. The maximum atomic E-state index is 12.1. The van der Waals surface area contributed by atoms with Gasteiger partial charge in [-0.1, -0.05) is 36.9 Å². The smallest absolute Gasteiger partial charge is 0.233 e. The molecule has 2 rings (SSSR count). The fraction of sp³-hybridized carbons (Fsp3) is 0.769. The second-order valence-electron chi connectivity index (χ2n) is 5.18. The van der Waals surface area contributed by atoms with Crippen molar-refractivity contribution in [3.05, 3.63) is 0 Å². The molecule has 20 heavy (non-hydrogen) atoms. The van der Waals surface area contributed by atoms with Crippen molar-refractivity contribution >= 4 is 34.1 Å². The molecule has 1 fully saturated rings. The molecular formula is C13H22N4OS2. The van der Waals surface area contributed by atoms with Crippen LogP contribution in [0, 0.1) is 5.92 Å². The molecule has 1 aromatic heterocycles. The van der Waals surface area contributed by atoms with E-state index >= 15 is 0 Å². The van der Waals surface area contributed by atoms with E-state index in [0.29, 0.717) is 11.7 Å². The van der Waals surface area contributed by atoms with E-state index in [-0.39, 0.29) is 5.91 Å². The molecule has 1 unspecified atom stereocenters. The van der Waals surface area contributed by atoms with Gasteiger partial charge in [0.25, 0.3) is 0 Å². The van der Waals surface area contributed by atoms with E-state index in [9.17, 15) is 4.79 Å². The van der Waals surface area contributed by atoms with E-state index in [1.807, 2.05) is 4.90 Å². The predicted molar refractivity (Wildman–Crippen MR) is 84.4 cm³/mol. The third-order valence-corrected chi connectivity index (χ3v) is 5.26. The summed E-state index contributed by atoms with van der Waals surface area (Å²) >= 11 is 3.01. The number of likely N-dealkylation sites (tertiary alicyclic amines) is 1. The summed E-state index contributed by atoms with van der Waals surface area (Å²) in [4.78, 5) is 14.1. The second kappa shape index (κ2) is 7.83. The summed E-state index contributed by atoms with van der Waals surface area (Å²) in [6.07, 6.45) is 3.43. The van der Waals surface area contributed by atoms with Crippen molar-refractivity contribution in [3.63, 3.8) is 0 Å². The van der Waals surface area contributed by atoms with Crippen molar-refractivity contribution in [3.8, 4) is 0 Å². The van der Waals surface area contributed by atoms with Gasteiger partial charge in [0.1, 0.15) is 0 Å². The number of nitrogens with one attached hydrogen (secondary N) is 1. The molecule has 0 aromatic carbocycles. The van der Waals surface area contributed by atoms with E-state index < -0.39 is 0 Å². The number of amides is 1. The Bertz CT molecular complexity index is 438. The van der Waals surface area contributed by atoms with E-state index in [1.165, 1.54) is 29.5 Å². The van der Waals surface area contributed by atoms with Gasteiger partial charge < -0.3 is 10.2 Å². The van der Waals surface area contributed by atoms with Crippen LogP contribution in [-0.2, 0) is 4.79 Å². The Morgan fingerprint density at radius 2 is 2.40 bits per heavy atom. The lowest BCUT2D eigenvalue weighted by Gasteiger charge is -2.30. The molecule has 1 N–H and O–H groups in total. The van der Waals surface area contributed by atoms with Gasteiger partial charge in [0.05, 0.1) is 5.75 Å². The van der Waals surface area contributed by atoms with Gasteiger partial charge in [-0.25, -0.2) is 0 Å². The Hall–Kier alpha value is -0.820. The minimum Gasteiger partial charge on any atom is -0.360 e. The number of nitrogens with zero attached hydrogens (tertiary/aromatic N) is 3.